The third-order valence-corrected chi connectivity index (χ3v) is 4.47. The van der Waals surface area contributed by atoms with Gasteiger partial charge in [-0.2, -0.15) is 0 Å². The van der Waals surface area contributed by atoms with E-state index in [0.717, 1.165) is 12.1 Å². The van der Waals surface area contributed by atoms with Crippen molar-refractivity contribution in [3.63, 3.8) is 0 Å². The molecule has 0 aliphatic heterocycles. The topological polar surface area (TPSA) is 57.2 Å². The van der Waals surface area contributed by atoms with Gasteiger partial charge in [-0.1, -0.05) is 45.0 Å². The SMILES string of the molecule is CC(C)(C)c1ccc([IH+])cc1.O=S(=O)([O-])c1ccccc1F. The molecule has 0 amide bonds. The van der Waals surface area contributed by atoms with E-state index in [1.54, 1.807) is 0 Å². The lowest BCUT2D eigenvalue weighted by molar-refractivity contribution is -0.328. The Morgan fingerprint density at radius 2 is 1.50 bits per heavy atom. The van der Waals surface area contributed by atoms with Gasteiger partial charge >= 0.3 is 0 Å². The van der Waals surface area contributed by atoms with Gasteiger partial charge in [0, 0.05) is 0 Å². The van der Waals surface area contributed by atoms with Gasteiger partial charge in [-0.25, -0.2) is 12.8 Å². The minimum atomic E-state index is -4.66. The molecular formula is C16H18FIO3S. The summed E-state index contributed by atoms with van der Waals surface area (Å²) >= 11 is 2.05. The van der Waals surface area contributed by atoms with Crippen LogP contribution in [0.25, 0.3) is 0 Å². The van der Waals surface area contributed by atoms with Crippen LogP contribution < -0.4 is 22.6 Å². The quantitative estimate of drug-likeness (QED) is 0.473. The smallest absolute Gasteiger partial charge is 0.296 e. The van der Waals surface area contributed by atoms with Gasteiger partial charge in [0.2, 0.25) is 0 Å². The molecule has 0 fully saturated rings. The molecule has 0 aliphatic carbocycles. The van der Waals surface area contributed by atoms with Gasteiger partial charge in [0.05, 0.1) is 4.90 Å². The molecule has 0 saturated carbocycles. The van der Waals surface area contributed by atoms with E-state index in [1.165, 1.54) is 21.3 Å². The lowest BCUT2D eigenvalue weighted by atomic mass is 9.87. The van der Waals surface area contributed by atoms with Crippen molar-refractivity contribution in [2.45, 2.75) is 31.1 Å². The van der Waals surface area contributed by atoms with Gasteiger partial charge in [-0.3, -0.25) is 0 Å². The predicted octanol–water partition coefficient (Wildman–Crippen LogP) is 0.169. The third kappa shape index (κ3) is 6.02. The number of halogens is 2. The molecule has 0 radical (unpaired) electrons. The van der Waals surface area contributed by atoms with E-state index in [0.29, 0.717) is 0 Å². The molecule has 0 aromatic heterocycles. The zero-order chi connectivity index (χ0) is 17.0. The van der Waals surface area contributed by atoms with Crippen LogP contribution in [0.2, 0.25) is 0 Å². The van der Waals surface area contributed by atoms with Crippen LogP contribution in [0.5, 0.6) is 0 Å². The standard InChI is InChI=1S/C10H14I.C6H5FO3S/c1-10(2,3)8-4-6-9(11)7-5-8;7-5-3-1-2-4-6(5)11(8,9)10/h4-7,11H,1-3H3;1-4H,(H,8,9,10)/q+1;/p-1. The zero-order valence-corrected chi connectivity index (χ0v) is 15.7. The first-order valence-corrected chi connectivity index (χ1v) is 9.07. The number of rotatable bonds is 1. The van der Waals surface area contributed by atoms with Crippen LogP contribution in [0.4, 0.5) is 4.39 Å². The van der Waals surface area contributed by atoms with Crippen LogP contribution in [0, 0.1) is 9.39 Å². The molecule has 120 valence electrons. The summed E-state index contributed by atoms with van der Waals surface area (Å²) in [4.78, 5) is -0.806. The van der Waals surface area contributed by atoms with Gasteiger partial charge in [0.25, 0.3) is 22.6 Å². The molecule has 2 aromatic carbocycles. The van der Waals surface area contributed by atoms with Crippen molar-refractivity contribution in [1.29, 1.82) is 0 Å². The summed E-state index contributed by atoms with van der Waals surface area (Å²) in [6, 6.07) is 13.2. The summed E-state index contributed by atoms with van der Waals surface area (Å²) in [5.41, 5.74) is 1.69. The van der Waals surface area contributed by atoms with E-state index >= 15 is 0 Å². The Kier molecular flexibility index (Phi) is 6.51. The van der Waals surface area contributed by atoms with Crippen molar-refractivity contribution in [3.05, 3.63) is 63.5 Å². The van der Waals surface area contributed by atoms with E-state index in [-0.39, 0.29) is 5.41 Å². The van der Waals surface area contributed by atoms with Crippen LogP contribution in [0.15, 0.2) is 53.4 Å². The second kappa shape index (κ2) is 7.52. The first kappa shape index (κ1) is 19.1. The summed E-state index contributed by atoms with van der Waals surface area (Å²) in [7, 11) is -4.66. The van der Waals surface area contributed by atoms with E-state index < -0.39 is 20.8 Å². The summed E-state index contributed by atoms with van der Waals surface area (Å²) in [6.45, 7) is 6.70. The lowest BCUT2D eigenvalue weighted by Crippen LogP contribution is -3.34. The van der Waals surface area contributed by atoms with Gasteiger partial charge in [-0.05, 0) is 35.2 Å². The highest BCUT2D eigenvalue weighted by molar-refractivity contribution is 7.85. The fourth-order valence-electron chi connectivity index (χ4n) is 1.60. The van der Waals surface area contributed by atoms with Crippen molar-refractivity contribution < 1.29 is 40.0 Å². The van der Waals surface area contributed by atoms with Gasteiger partial charge in [0.1, 0.15) is 15.9 Å². The molecule has 0 spiro atoms. The Morgan fingerprint density at radius 1 is 1.00 bits per heavy atom. The number of hydrogen-bond acceptors (Lipinski definition) is 3. The fraction of sp³-hybridized carbons (Fsp3) is 0.250. The second-order valence-corrected chi connectivity index (χ2v) is 8.35. The first-order chi connectivity index (χ1) is 10.0. The largest absolute Gasteiger partial charge is 0.744 e. The highest BCUT2D eigenvalue weighted by atomic mass is 127. The molecule has 2 aromatic rings. The van der Waals surface area contributed by atoms with Crippen molar-refractivity contribution in [3.8, 4) is 0 Å². The maximum atomic E-state index is 12.5. The Labute approximate surface area is 144 Å². The maximum absolute atomic E-state index is 12.5. The first-order valence-electron chi connectivity index (χ1n) is 6.50. The minimum absolute atomic E-state index is 0.287. The Hall–Kier alpha value is -0.990. The maximum Gasteiger partial charge on any atom is 0.296 e. The predicted molar refractivity (Wildman–Crippen MR) is 79.6 cm³/mol. The molecular weight excluding hydrogens is 418 g/mol. The summed E-state index contributed by atoms with van der Waals surface area (Å²) in [5.74, 6) is -1.01. The molecule has 22 heavy (non-hydrogen) atoms. The molecule has 2 rings (SSSR count). The zero-order valence-electron chi connectivity index (χ0n) is 12.5. The van der Waals surface area contributed by atoms with Crippen molar-refractivity contribution in [2.24, 2.45) is 0 Å². The Morgan fingerprint density at radius 3 is 1.86 bits per heavy atom. The van der Waals surface area contributed by atoms with Gasteiger partial charge < -0.3 is 4.55 Å². The highest BCUT2D eigenvalue weighted by Gasteiger charge is 2.13. The normalized spacial score (nSPS) is 11.5. The fourth-order valence-corrected chi connectivity index (χ4v) is 2.54. The van der Waals surface area contributed by atoms with Crippen molar-refractivity contribution >= 4 is 10.1 Å². The second-order valence-electron chi connectivity index (χ2n) is 5.66. The molecule has 0 atom stereocenters. The Bertz CT molecular complexity index is 720. The molecule has 0 heterocycles. The molecule has 0 unspecified atom stereocenters. The summed E-state index contributed by atoms with van der Waals surface area (Å²) in [6.07, 6.45) is 0. The third-order valence-electron chi connectivity index (χ3n) is 2.83. The molecule has 3 nitrogen and oxygen atoms in total. The molecule has 0 aliphatic rings. The summed E-state index contributed by atoms with van der Waals surface area (Å²) < 4.78 is 44.6. The molecule has 0 saturated heterocycles. The molecule has 6 heteroatoms. The average Bonchev–Trinajstić information content (AvgIpc) is 2.38. The van der Waals surface area contributed by atoms with Crippen molar-refractivity contribution in [1.82, 2.24) is 0 Å². The van der Waals surface area contributed by atoms with Crippen LogP contribution in [-0.2, 0) is 15.5 Å². The monoisotopic (exact) mass is 436 g/mol. The van der Waals surface area contributed by atoms with E-state index in [2.05, 4.69) is 45.0 Å². The van der Waals surface area contributed by atoms with Crippen LogP contribution in [0.1, 0.15) is 26.3 Å². The van der Waals surface area contributed by atoms with Crippen LogP contribution in [0.3, 0.4) is 0 Å². The highest BCUT2D eigenvalue weighted by Crippen LogP contribution is 2.20. The van der Waals surface area contributed by atoms with Gasteiger partial charge in [-0.15, -0.1) is 0 Å². The number of hydrogen-bond donors (Lipinski definition) is 0. The lowest BCUT2D eigenvalue weighted by Gasteiger charge is -2.17. The van der Waals surface area contributed by atoms with Gasteiger partial charge in [0.15, 0.2) is 3.57 Å². The number of benzene rings is 2. The van der Waals surface area contributed by atoms with E-state index in [9.17, 15) is 17.4 Å². The van der Waals surface area contributed by atoms with Crippen molar-refractivity contribution in [2.75, 3.05) is 0 Å². The summed E-state index contributed by atoms with van der Waals surface area (Å²) in [5, 5.41) is 0. The average molecular weight is 436 g/mol. The molecule has 0 bridgehead atoms. The van der Waals surface area contributed by atoms with Crippen LogP contribution >= 0.6 is 0 Å². The van der Waals surface area contributed by atoms with E-state index in [4.69, 9.17) is 0 Å². The molecule has 0 N–H and O–H groups in total. The van der Waals surface area contributed by atoms with E-state index in [1.807, 2.05) is 22.6 Å². The Balaban J connectivity index is 0.000000220. The van der Waals surface area contributed by atoms with Crippen LogP contribution in [-0.4, -0.2) is 13.0 Å². The minimum Gasteiger partial charge on any atom is -0.744 e.